The van der Waals surface area contributed by atoms with Gasteiger partial charge in [0.05, 0.1) is 6.04 Å². The zero-order valence-corrected chi connectivity index (χ0v) is 15.6. The highest BCUT2D eigenvalue weighted by Gasteiger charge is 2.44. The lowest BCUT2D eigenvalue weighted by molar-refractivity contribution is -0.253. The first-order valence-corrected chi connectivity index (χ1v) is 8.64. The number of carbonyl (C=O) groups is 2. The smallest absolute Gasteiger partial charge is 0.428 e. The lowest BCUT2D eigenvalue weighted by atomic mass is 10.1. The highest BCUT2D eigenvalue weighted by atomic mass is 19.3. The molecule has 0 aliphatic carbocycles. The topological polar surface area (TPSA) is 80.3 Å². The molecule has 0 aliphatic heterocycles. The van der Waals surface area contributed by atoms with Crippen LogP contribution in [0.1, 0.15) is 42.2 Å². The summed E-state index contributed by atoms with van der Waals surface area (Å²) in [4.78, 5) is 27.8. The van der Waals surface area contributed by atoms with Crippen molar-refractivity contribution in [1.82, 2.24) is 10.3 Å². The number of amides is 2. The molecule has 0 spiro atoms. The molecule has 0 fully saturated rings. The third-order valence-corrected chi connectivity index (χ3v) is 3.82. The van der Waals surface area contributed by atoms with Crippen molar-refractivity contribution in [2.24, 2.45) is 0 Å². The predicted octanol–water partition coefficient (Wildman–Crippen LogP) is 4.16. The van der Waals surface area contributed by atoms with E-state index in [9.17, 15) is 27.2 Å². The average molecular weight is 413 g/mol. The first-order chi connectivity index (χ1) is 13.6. The minimum absolute atomic E-state index is 0.210. The van der Waals surface area contributed by atoms with Crippen LogP contribution in [0.4, 0.5) is 23.4 Å². The van der Waals surface area contributed by atoms with Gasteiger partial charge in [0.25, 0.3) is 5.91 Å². The fourth-order valence-electron chi connectivity index (χ4n) is 2.28. The van der Waals surface area contributed by atoms with Gasteiger partial charge in [0, 0.05) is 18.2 Å². The Morgan fingerprint density at radius 2 is 1.93 bits per heavy atom. The molecule has 0 aliphatic rings. The van der Waals surface area contributed by atoms with Crippen LogP contribution in [-0.4, -0.2) is 29.3 Å². The molecule has 1 aromatic heterocycles. The van der Waals surface area contributed by atoms with Gasteiger partial charge in [-0.05, 0) is 36.8 Å². The SMILES string of the molecule is CCC(=O)Nc1cc(C(=O)NC(C)c2cccc(OC(F)(F)C(F)F)c2)ccn1. The van der Waals surface area contributed by atoms with Crippen LogP contribution in [0.25, 0.3) is 0 Å². The van der Waals surface area contributed by atoms with Crippen molar-refractivity contribution in [3.8, 4) is 5.75 Å². The maximum absolute atomic E-state index is 13.1. The summed E-state index contributed by atoms with van der Waals surface area (Å²) in [6.45, 7) is 3.26. The van der Waals surface area contributed by atoms with Gasteiger partial charge in [-0.15, -0.1) is 0 Å². The number of alkyl halides is 4. The van der Waals surface area contributed by atoms with Crippen molar-refractivity contribution >= 4 is 17.6 Å². The number of halogens is 4. The van der Waals surface area contributed by atoms with Crippen LogP contribution in [0.2, 0.25) is 0 Å². The molecule has 6 nitrogen and oxygen atoms in total. The second-order valence-corrected chi connectivity index (χ2v) is 6.06. The van der Waals surface area contributed by atoms with Gasteiger partial charge in [0.1, 0.15) is 11.6 Å². The zero-order valence-electron chi connectivity index (χ0n) is 15.6. The molecule has 1 atom stereocenters. The van der Waals surface area contributed by atoms with Crippen LogP contribution in [0.15, 0.2) is 42.6 Å². The molecule has 0 saturated heterocycles. The van der Waals surface area contributed by atoms with Crippen LogP contribution in [-0.2, 0) is 4.79 Å². The van der Waals surface area contributed by atoms with Crippen LogP contribution < -0.4 is 15.4 Å². The normalized spacial score (nSPS) is 12.4. The van der Waals surface area contributed by atoms with E-state index in [-0.39, 0.29) is 23.7 Å². The van der Waals surface area contributed by atoms with Crippen LogP contribution in [0, 0.1) is 0 Å². The maximum Gasteiger partial charge on any atom is 0.461 e. The molecule has 1 aromatic carbocycles. The van der Waals surface area contributed by atoms with Gasteiger partial charge < -0.3 is 15.4 Å². The second kappa shape index (κ2) is 9.35. The van der Waals surface area contributed by atoms with E-state index in [0.717, 1.165) is 12.1 Å². The predicted molar refractivity (Wildman–Crippen MR) is 97.1 cm³/mol. The summed E-state index contributed by atoms with van der Waals surface area (Å²) in [7, 11) is 0. The van der Waals surface area contributed by atoms with E-state index in [4.69, 9.17) is 0 Å². The number of hydrogen-bond donors (Lipinski definition) is 2. The number of anilines is 1. The summed E-state index contributed by atoms with van der Waals surface area (Å²) in [6.07, 6.45) is -7.00. The maximum atomic E-state index is 13.1. The molecule has 2 rings (SSSR count). The molecule has 2 amide bonds. The van der Waals surface area contributed by atoms with Crippen LogP contribution in [0.5, 0.6) is 5.75 Å². The largest absolute Gasteiger partial charge is 0.461 e. The summed E-state index contributed by atoms with van der Waals surface area (Å²) >= 11 is 0. The lowest BCUT2D eigenvalue weighted by Crippen LogP contribution is -2.33. The number of rotatable bonds is 8. The molecule has 1 heterocycles. The Labute approximate surface area is 164 Å². The van der Waals surface area contributed by atoms with Crippen LogP contribution >= 0.6 is 0 Å². The summed E-state index contributed by atoms with van der Waals surface area (Å²) in [6, 6.07) is 7.30. The Balaban J connectivity index is 2.09. The molecule has 1 unspecified atom stereocenters. The molecular formula is C19H19F4N3O3. The van der Waals surface area contributed by atoms with Crippen molar-refractivity contribution in [2.45, 2.75) is 38.8 Å². The summed E-state index contributed by atoms with van der Waals surface area (Å²) in [5, 5.41) is 5.18. The van der Waals surface area contributed by atoms with Gasteiger partial charge in [-0.2, -0.15) is 17.6 Å². The van der Waals surface area contributed by atoms with E-state index >= 15 is 0 Å². The van der Waals surface area contributed by atoms with E-state index in [1.54, 1.807) is 13.8 Å². The van der Waals surface area contributed by atoms with E-state index in [1.165, 1.54) is 30.5 Å². The van der Waals surface area contributed by atoms with E-state index in [1.807, 2.05) is 0 Å². The van der Waals surface area contributed by atoms with E-state index in [0.29, 0.717) is 5.56 Å². The fourth-order valence-corrected chi connectivity index (χ4v) is 2.28. The number of nitrogens with one attached hydrogen (secondary N) is 2. The van der Waals surface area contributed by atoms with Crippen molar-refractivity contribution in [3.63, 3.8) is 0 Å². The number of benzene rings is 1. The molecular weight excluding hydrogens is 394 g/mol. The first kappa shape index (κ1) is 22.1. The molecule has 0 bridgehead atoms. The minimum Gasteiger partial charge on any atom is -0.428 e. The fraction of sp³-hybridized carbons (Fsp3) is 0.316. The Hall–Kier alpha value is -3.17. The standard InChI is InChI=1S/C19H19F4N3O3/c1-3-16(27)26-15-10-13(7-8-24-15)17(28)25-11(2)12-5-4-6-14(9-12)29-19(22,23)18(20)21/h4-11,18H,3H2,1-2H3,(H,25,28)(H,24,26,27). The van der Waals surface area contributed by atoms with E-state index < -0.39 is 30.2 Å². The molecule has 10 heteroatoms. The molecule has 2 N–H and O–H groups in total. The monoisotopic (exact) mass is 413 g/mol. The van der Waals surface area contributed by atoms with Crippen molar-refractivity contribution < 1.29 is 31.9 Å². The molecule has 0 saturated carbocycles. The van der Waals surface area contributed by atoms with Gasteiger partial charge in [0.15, 0.2) is 0 Å². The number of carbonyl (C=O) groups excluding carboxylic acids is 2. The summed E-state index contributed by atoms with van der Waals surface area (Å²) in [5.41, 5.74) is 0.587. The first-order valence-electron chi connectivity index (χ1n) is 8.64. The molecule has 29 heavy (non-hydrogen) atoms. The zero-order chi connectivity index (χ0) is 21.6. The number of aromatic nitrogens is 1. The molecule has 0 radical (unpaired) electrons. The highest BCUT2D eigenvalue weighted by molar-refractivity contribution is 5.96. The number of nitrogens with zero attached hydrogens (tertiary/aromatic N) is 1. The minimum atomic E-state index is -4.62. The Morgan fingerprint density at radius 3 is 2.59 bits per heavy atom. The van der Waals surface area contributed by atoms with Crippen molar-refractivity contribution in [3.05, 3.63) is 53.7 Å². The third kappa shape index (κ3) is 6.16. The molecule has 156 valence electrons. The van der Waals surface area contributed by atoms with Gasteiger partial charge in [-0.1, -0.05) is 19.1 Å². The van der Waals surface area contributed by atoms with E-state index in [2.05, 4.69) is 20.4 Å². The van der Waals surface area contributed by atoms with Gasteiger partial charge >= 0.3 is 12.5 Å². The van der Waals surface area contributed by atoms with Gasteiger partial charge in [0.2, 0.25) is 5.91 Å². The molecule has 2 aromatic rings. The van der Waals surface area contributed by atoms with Crippen molar-refractivity contribution in [1.29, 1.82) is 0 Å². The summed E-state index contributed by atoms with van der Waals surface area (Å²) < 4.78 is 54.8. The quantitative estimate of drug-likeness (QED) is 0.637. The third-order valence-electron chi connectivity index (χ3n) is 3.82. The second-order valence-electron chi connectivity index (χ2n) is 6.06. The van der Waals surface area contributed by atoms with Gasteiger partial charge in [-0.25, -0.2) is 4.98 Å². The van der Waals surface area contributed by atoms with Crippen LogP contribution in [0.3, 0.4) is 0 Å². The highest BCUT2D eigenvalue weighted by Crippen LogP contribution is 2.29. The number of ether oxygens (including phenoxy) is 1. The average Bonchev–Trinajstić information content (AvgIpc) is 2.67. The lowest BCUT2D eigenvalue weighted by Gasteiger charge is -2.19. The van der Waals surface area contributed by atoms with Gasteiger partial charge in [-0.3, -0.25) is 9.59 Å². The summed E-state index contributed by atoms with van der Waals surface area (Å²) in [5.74, 6) is -1.01. The Morgan fingerprint density at radius 1 is 1.21 bits per heavy atom. The number of pyridine rings is 1. The van der Waals surface area contributed by atoms with Crippen molar-refractivity contribution in [2.75, 3.05) is 5.32 Å². The Kier molecular flexibility index (Phi) is 7.13. The Bertz CT molecular complexity index is 877. The number of hydrogen-bond acceptors (Lipinski definition) is 4.